The molecule has 46 valence electrons. The fourth-order valence-corrected chi connectivity index (χ4v) is 0.582. The van der Waals surface area contributed by atoms with Gasteiger partial charge < -0.3 is 10.2 Å². The second-order valence-corrected chi connectivity index (χ2v) is 2.03. The van der Waals surface area contributed by atoms with E-state index in [1.165, 1.54) is 6.08 Å². The largest absolute Gasteiger partial charge is 0.481 e. The maximum atomic E-state index is 8.17. The van der Waals surface area contributed by atoms with Crippen LogP contribution in [-0.4, -0.2) is 20.5 Å². The molecule has 0 saturated heterocycles. The van der Waals surface area contributed by atoms with Gasteiger partial charge in [-0.25, -0.2) is 0 Å². The van der Waals surface area contributed by atoms with Crippen molar-refractivity contribution in [2.24, 2.45) is 0 Å². The third-order valence-corrected chi connectivity index (χ3v) is 1.14. The van der Waals surface area contributed by atoms with E-state index in [1.54, 1.807) is 0 Å². The molecule has 3 heteroatoms. The first-order valence-electron chi connectivity index (χ1n) is 2.46. The fourth-order valence-electron chi connectivity index (χ4n) is 0.310. The molecule has 0 aromatic heterocycles. The monoisotopic (exact) mass is 130 g/mol. The van der Waals surface area contributed by atoms with Gasteiger partial charge in [0.1, 0.15) is 0 Å². The van der Waals surface area contributed by atoms with Crippen LogP contribution >= 0.6 is 0 Å². The highest BCUT2D eigenvalue weighted by Gasteiger charge is 1.76. The van der Waals surface area contributed by atoms with Gasteiger partial charge in [0.2, 0.25) is 0 Å². The number of aliphatic hydroxyl groups excluding tert-OH is 1. The van der Waals surface area contributed by atoms with Crippen LogP contribution in [0.3, 0.4) is 0 Å². The van der Waals surface area contributed by atoms with E-state index in [0.717, 1.165) is 10.2 Å². The number of allylic oxidation sites excluding steroid dienone is 2. The summed E-state index contributed by atoms with van der Waals surface area (Å²) in [7, 11) is 1.03. The van der Waals surface area contributed by atoms with Crippen LogP contribution in [0.4, 0.5) is 0 Å². The summed E-state index contributed by atoms with van der Waals surface area (Å²) >= 11 is 0. The predicted octanol–water partition coefficient (Wildman–Crippen LogP) is 0.213. The zero-order chi connectivity index (χ0) is 6.41. The highest BCUT2D eigenvalue weighted by Crippen LogP contribution is 1.86. The van der Waals surface area contributed by atoms with Crippen LogP contribution < -0.4 is 0 Å². The molecule has 2 nitrogen and oxygen atoms in total. The number of hydrogen-bond acceptors (Lipinski definition) is 2. The Morgan fingerprint density at radius 3 is 2.50 bits per heavy atom. The maximum absolute atomic E-state index is 8.17. The summed E-state index contributed by atoms with van der Waals surface area (Å²) in [6.45, 7) is 0. The summed E-state index contributed by atoms with van der Waals surface area (Å²) in [5.41, 5.74) is 1.99. The van der Waals surface area contributed by atoms with Crippen molar-refractivity contribution in [2.75, 3.05) is 0 Å². The maximum Gasteiger partial charge on any atom is 0.270 e. The average molecular weight is 130 g/mol. The Labute approximate surface area is 51.6 Å². The second-order valence-electron chi connectivity index (χ2n) is 1.37. The molecule has 2 N–H and O–H groups in total. The Bertz CT molecular complexity index is 103. The van der Waals surface area contributed by atoms with Crippen LogP contribution in [0.15, 0.2) is 23.8 Å². The first-order valence-corrected chi connectivity index (χ1v) is 3.62. The van der Waals surface area contributed by atoms with E-state index in [-0.39, 0.29) is 0 Å². The third-order valence-electron chi connectivity index (χ3n) is 0.672. The van der Waals surface area contributed by atoms with E-state index in [1.807, 2.05) is 11.8 Å². The highest BCUT2D eigenvalue weighted by atomic mass is 28.1. The molecule has 0 bridgehead atoms. The van der Waals surface area contributed by atoms with Crippen LogP contribution in [-0.2, 0) is 0 Å². The zero-order valence-corrected chi connectivity index (χ0v) is 6.83. The number of aliphatic hydroxyl groups is 2. The molecule has 0 aromatic rings. The first kappa shape index (κ1) is 7.30. The van der Waals surface area contributed by atoms with Crippen LogP contribution in [0, 0.1) is 0 Å². The van der Waals surface area contributed by atoms with E-state index >= 15 is 0 Å². The molecule has 8 heavy (non-hydrogen) atoms. The highest BCUT2D eigenvalue weighted by molar-refractivity contribution is 6.16. The van der Waals surface area contributed by atoms with Gasteiger partial charge in [-0.05, 0) is 12.5 Å². The van der Waals surface area contributed by atoms with Gasteiger partial charge in [0.05, 0.1) is 0 Å². The van der Waals surface area contributed by atoms with Gasteiger partial charge >= 0.3 is 0 Å². The minimum atomic E-state index is -0.593. The van der Waals surface area contributed by atoms with E-state index in [4.69, 9.17) is 10.2 Å². The van der Waals surface area contributed by atoms with E-state index in [0.29, 0.717) is 6.42 Å². The lowest BCUT2D eigenvalue weighted by molar-refractivity contribution is 0.189. The molecule has 0 radical (unpaired) electrons. The van der Waals surface area contributed by atoms with Crippen molar-refractivity contribution in [1.29, 1.82) is 0 Å². The molecule has 0 saturated carbocycles. The molecule has 0 fully saturated rings. The van der Waals surface area contributed by atoms with Gasteiger partial charge in [-0.15, -0.1) is 5.70 Å². The number of rotatable bonds is 2. The van der Waals surface area contributed by atoms with E-state index < -0.39 is 5.95 Å². The average Bonchev–Trinajstić information content (AvgIpc) is 1.66. The van der Waals surface area contributed by atoms with Crippen LogP contribution in [0.25, 0.3) is 0 Å². The molecule has 0 amide bonds. The lowest BCUT2D eigenvalue weighted by Gasteiger charge is -1.82. The molecule has 0 aliphatic heterocycles. The van der Waals surface area contributed by atoms with Crippen molar-refractivity contribution in [2.45, 2.75) is 6.42 Å². The van der Waals surface area contributed by atoms with Crippen molar-refractivity contribution >= 4 is 10.2 Å². The Kier molecular flexibility index (Phi) is 4.06. The molecule has 0 rings (SSSR count). The summed E-state index contributed by atoms with van der Waals surface area (Å²) in [6.07, 6.45) is 3.85. The Morgan fingerprint density at radius 1 is 1.50 bits per heavy atom. The summed E-state index contributed by atoms with van der Waals surface area (Å²) in [4.78, 5) is 0. The fraction of sp³-hybridized carbons (Fsp3) is 0.200. The Morgan fingerprint density at radius 2 is 2.12 bits per heavy atom. The summed E-state index contributed by atoms with van der Waals surface area (Å²) in [6, 6.07) is 0. The zero-order valence-electron chi connectivity index (χ0n) is 4.83. The van der Waals surface area contributed by atoms with Gasteiger partial charge in [0.15, 0.2) is 0 Å². The summed E-state index contributed by atoms with van der Waals surface area (Å²) in [5.74, 6) is -0.593. The molecule has 0 aliphatic rings. The lowest BCUT2D eigenvalue weighted by Crippen LogP contribution is -1.72. The molecule has 0 aromatic carbocycles. The minimum absolute atomic E-state index is 0.593. The lowest BCUT2D eigenvalue weighted by atomic mass is 10.4. The first-order chi connectivity index (χ1) is 3.77. The topological polar surface area (TPSA) is 40.5 Å². The minimum Gasteiger partial charge on any atom is -0.481 e. The molecule has 0 spiro atoms. The van der Waals surface area contributed by atoms with Crippen molar-refractivity contribution in [3.63, 3.8) is 0 Å². The van der Waals surface area contributed by atoms with Crippen LogP contribution in [0.2, 0.25) is 0 Å². The Balaban J connectivity index is 3.30. The quantitative estimate of drug-likeness (QED) is 0.414. The Hall–Kier alpha value is -0.703. The normalized spacial score (nSPS) is 10.0. The van der Waals surface area contributed by atoms with Crippen molar-refractivity contribution in [3.8, 4) is 0 Å². The second kappa shape index (κ2) is 4.46. The van der Waals surface area contributed by atoms with Gasteiger partial charge in [-0.3, -0.25) is 0 Å². The summed E-state index contributed by atoms with van der Waals surface area (Å²) < 4.78 is 0. The van der Waals surface area contributed by atoms with E-state index in [2.05, 4.69) is 0 Å². The molecular weight excluding hydrogens is 120 g/mol. The van der Waals surface area contributed by atoms with Crippen LogP contribution in [0.5, 0.6) is 0 Å². The molecule has 0 unspecified atom stereocenters. The molecule has 0 aliphatic carbocycles. The van der Waals surface area contributed by atoms with Gasteiger partial charge in [-0.1, -0.05) is 6.08 Å². The molecule has 0 atom stereocenters. The van der Waals surface area contributed by atoms with E-state index in [9.17, 15) is 0 Å². The standard InChI is InChI=1S/C5H10O2Si/c6-5(7)3-1-2-4-8/h2-4,6-7H,1H2,8H3. The van der Waals surface area contributed by atoms with Crippen molar-refractivity contribution in [3.05, 3.63) is 23.8 Å². The smallest absolute Gasteiger partial charge is 0.270 e. The van der Waals surface area contributed by atoms with Crippen molar-refractivity contribution < 1.29 is 10.2 Å². The SMILES string of the molecule is OC(O)=CCC=C[SiH3]. The van der Waals surface area contributed by atoms with Gasteiger partial charge in [0, 0.05) is 10.2 Å². The summed E-state index contributed by atoms with van der Waals surface area (Å²) in [5, 5.41) is 16.3. The van der Waals surface area contributed by atoms with Crippen molar-refractivity contribution in [1.82, 2.24) is 0 Å². The molecule has 0 heterocycles. The number of hydrogen-bond donors (Lipinski definition) is 2. The van der Waals surface area contributed by atoms with Gasteiger partial charge in [0.25, 0.3) is 5.95 Å². The third kappa shape index (κ3) is 5.30. The molecular formula is C5H10O2Si. The van der Waals surface area contributed by atoms with Crippen LogP contribution in [0.1, 0.15) is 6.42 Å². The van der Waals surface area contributed by atoms with Gasteiger partial charge in [-0.2, -0.15) is 0 Å². The predicted molar refractivity (Wildman–Crippen MR) is 37.0 cm³/mol.